The number of fused-ring (bicyclic) bond motifs is 1. The first kappa shape index (κ1) is 25.9. The lowest BCUT2D eigenvalue weighted by molar-refractivity contribution is -0.141. The molecular formula is C25H18F6N2O4. The molecule has 3 aromatic carbocycles. The van der Waals surface area contributed by atoms with Crippen molar-refractivity contribution in [3.05, 3.63) is 87.7 Å². The predicted octanol–water partition coefficient (Wildman–Crippen LogP) is 5.40. The third-order valence-electron chi connectivity index (χ3n) is 5.88. The highest BCUT2D eigenvalue weighted by atomic mass is 19.4. The van der Waals surface area contributed by atoms with E-state index in [2.05, 4.69) is 5.32 Å². The van der Waals surface area contributed by atoms with E-state index in [9.17, 15) is 31.5 Å². The van der Waals surface area contributed by atoms with Gasteiger partial charge < -0.3 is 20.5 Å². The molecule has 0 aliphatic carbocycles. The maximum Gasteiger partial charge on any atom is 0.422 e. The quantitative estimate of drug-likeness (QED) is 0.438. The van der Waals surface area contributed by atoms with E-state index < -0.39 is 63.8 Å². The Balaban J connectivity index is 1.92. The van der Waals surface area contributed by atoms with Gasteiger partial charge in [0.05, 0.1) is 24.8 Å². The van der Waals surface area contributed by atoms with E-state index in [0.717, 1.165) is 37.4 Å². The Morgan fingerprint density at radius 3 is 2.43 bits per heavy atom. The van der Waals surface area contributed by atoms with Gasteiger partial charge in [0.1, 0.15) is 17.1 Å². The number of anilines is 1. The van der Waals surface area contributed by atoms with Crippen molar-refractivity contribution < 1.29 is 45.4 Å². The van der Waals surface area contributed by atoms with Crippen LogP contribution in [0.5, 0.6) is 11.5 Å². The lowest BCUT2D eigenvalue weighted by atomic mass is 9.82. The molecule has 2 amide bonds. The van der Waals surface area contributed by atoms with Crippen molar-refractivity contribution in [2.75, 3.05) is 19.0 Å². The van der Waals surface area contributed by atoms with Crippen LogP contribution in [0.3, 0.4) is 0 Å². The van der Waals surface area contributed by atoms with E-state index in [1.54, 1.807) is 0 Å². The van der Waals surface area contributed by atoms with Crippen LogP contribution in [-0.2, 0) is 6.18 Å². The SMILES string of the molecule is COc1cc(C2CCOc3c(F)cccc32)c(C(=O)Nc2ccc(F)c(C(N)=O)c2)c(F)c1C(F)(F)F. The molecule has 12 heteroatoms. The number of carbonyl (C=O) groups is 2. The molecule has 0 fully saturated rings. The average molecular weight is 524 g/mol. The second-order valence-corrected chi connectivity index (χ2v) is 8.09. The largest absolute Gasteiger partial charge is 0.496 e. The van der Waals surface area contributed by atoms with E-state index in [1.807, 2.05) is 0 Å². The zero-order valence-electron chi connectivity index (χ0n) is 19.0. The second kappa shape index (κ2) is 9.68. The average Bonchev–Trinajstić information content (AvgIpc) is 2.83. The number of methoxy groups -OCH3 is 1. The molecule has 37 heavy (non-hydrogen) atoms. The number of carbonyl (C=O) groups excluding carboxylic acids is 2. The van der Waals surface area contributed by atoms with Crippen molar-refractivity contribution >= 4 is 17.5 Å². The van der Waals surface area contributed by atoms with Gasteiger partial charge in [-0.05, 0) is 42.3 Å². The first-order valence-corrected chi connectivity index (χ1v) is 10.7. The smallest absolute Gasteiger partial charge is 0.422 e. The van der Waals surface area contributed by atoms with Crippen molar-refractivity contribution in [1.82, 2.24) is 0 Å². The zero-order chi connectivity index (χ0) is 27.1. The number of benzene rings is 3. The van der Waals surface area contributed by atoms with Gasteiger partial charge in [0, 0.05) is 17.2 Å². The lowest BCUT2D eigenvalue weighted by Gasteiger charge is -2.29. The fraction of sp³-hybridized carbons (Fsp3) is 0.200. The number of rotatable bonds is 5. The summed E-state index contributed by atoms with van der Waals surface area (Å²) in [5, 5.41) is 2.19. The summed E-state index contributed by atoms with van der Waals surface area (Å²) in [7, 11) is 0.912. The van der Waals surface area contributed by atoms with Crippen LogP contribution in [-0.4, -0.2) is 25.5 Å². The van der Waals surface area contributed by atoms with Crippen LogP contribution in [0.15, 0.2) is 42.5 Å². The van der Waals surface area contributed by atoms with Gasteiger partial charge in [-0.15, -0.1) is 0 Å². The van der Waals surface area contributed by atoms with Gasteiger partial charge >= 0.3 is 6.18 Å². The number of primary amides is 1. The van der Waals surface area contributed by atoms with E-state index in [4.69, 9.17) is 15.2 Å². The summed E-state index contributed by atoms with van der Waals surface area (Å²) in [4.78, 5) is 24.7. The number of alkyl halides is 3. The molecule has 0 saturated heterocycles. The topological polar surface area (TPSA) is 90.7 Å². The van der Waals surface area contributed by atoms with E-state index in [-0.39, 0.29) is 35.6 Å². The molecule has 0 spiro atoms. The summed E-state index contributed by atoms with van der Waals surface area (Å²) in [6, 6.07) is 7.48. The molecule has 1 aliphatic rings. The van der Waals surface area contributed by atoms with Crippen LogP contribution in [0.4, 0.5) is 32.0 Å². The summed E-state index contributed by atoms with van der Waals surface area (Å²) in [5.41, 5.74) is 1.45. The maximum atomic E-state index is 15.6. The number of para-hydroxylation sites is 1. The van der Waals surface area contributed by atoms with Gasteiger partial charge in [-0.25, -0.2) is 13.2 Å². The Kier molecular flexibility index (Phi) is 6.76. The molecule has 1 aliphatic heterocycles. The Bertz CT molecular complexity index is 1410. The standard InChI is InChI=1S/C25H18F6N2O4/c1-36-18-10-14(12-7-8-37-22-13(12)3-2-4-17(22)27)19(21(28)20(18)25(29,30)31)24(35)33-11-5-6-16(26)15(9-11)23(32)34/h2-6,9-10,12H,7-8H2,1H3,(H2,32,34)(H,33,35). The molecule has 0 bridgehead atoms. The van der Waals surface area contributed by atoms with Crippen LogP contribution in [0.2, 0.25) is 0 Å². The predicted molar refractivity (Wildman–Crippen MR) is 119 cm³/mol. The normalized spacial score (nSPS) is 14.9. The minimum atomic E-state index is -5.24. The van der Waals surface area contributed by atoms with Crippen LogP contribution in [0.1, 0.15) is 49.7 Å². The van der Waals surface area contributed by atoms with E-state index in [1.165, 1.54) is 12.1 Å². The molecule has 0 saturated carbocycles. The first-order chi connectivity index (χ1) is 17.4. The molecule has 3 aromatic rings. The summed E-state index contributed by atoms with van der Waals surface area (Å²) < 4.78 is 95.4. The number of hydrogen-bond acceptors (Lipinski definition) is 4. The van der Waals surface area contributed by atoms with Crippen molar-refractivity contribution in [2.45, 2.75) is 18.5 Å². The van der Waals surface area contributed by atoms with Crippen molar-refractivity contribution in [3.63, 3.8) is 0 Å². The second-order valence-electron chi connectivity index (χ2n) is 8.09. The van der Waals surface area contributed by atoms with Crippen molar-refractivity contribution in [3.8, 4) is 11.5 Å². The highest BCUT2D eigenvalue weighted by Gasteiger charge is 2.42. The highest BCUT2D eigenvalue weighted by molar-refractivity contribution is 6.07. The fourth-order valence-corrected chi connectivity index (χ4v) is 4.27. The minimum absolute atomic E-state index is 0.0649. The van der Waals surface area contributed by atoms with Gasteiger partial charge in [-0.3, -0.25) is 9.59 Å². The van der Waals surface area contributed by atoms with Gasteiger partial charge in [-0.1, -0.05) is 12.1 Å². The molecule has 194 valence electrons. The molecular weight excluding hydrogens is 506 g/mol. The van der Waals surface area contributed by atoms with Crippen LogP contribution >= 0.6 is 0 Å². The third kappa shape index (κ3) is 4.78. The van der Waals surface area contributed by atoms with E-state index >= 15 is 4.39 Å². The zero-order valence-corrected chi connectivity index (χ0v) is 19.0. The molecule has 1 atom stereocenters. The summed E-state index contributed by atoms with van der Waals surface area (Å²) in [5.74, 6) is -8.13. The fourth-order valence-electron chi connectivity index (χ4n) is 4.27. The molecule has 1 unspecified atom stereocenters. The Morgan fingerprint density at radius 1 is 1.05 bits per heavy atom. The van der Waals surface area contributed by atoms with Crippen molar-refractivity contribution in [2.24, 2.45) is 5.73 Å². The summed E-state index contributed by atoms with van der Waals surface area (Å²) in [6.45, 7) is -0.0649. The molecule has 0 aromatic heterocycles. The van der Waals surface area contributed by atoms with Crippen LogP contribution < -0.4 is 20.5 Å². The highest BCUT2D eigenvalue weighted by Crippen LogP contribution is 2.46. The third-order valence-corrected chi connectivity index (χ3v) is 5.88. The van der Waals surface area contributed by atoms with Gasteiger partial charge in [0.15, 0.2) is 17.4 Å². The Hall–Kier alpha value is -4.22. The molecule has 0 radical (unpaired) electrons. The first-order valence-electron chi connectivity index (χ1n) is 10.7. The molecule has 3 N–H and O–H groups in total. The molecule has 1 heterocycles. The Labute approximate surface area is 206 Å². The number of nitrogens with two attached hydrogens (primary N) is 1. The van der Waals surface area contributed by atoms with Crippen LogP contribution in [0.25, 0.3) is 0 Å². The number of nitrogens with one attached hydrogen (secondary N) is 1. The van der Waals surface area contributed by atoms with Crippen molar-refractivity contribution in [1.29, 1.82) is 0 Å². The van der Waals surface area contributed by atoms with Gasteiger partial charge in [0.2, 0.25) is 0 Å². The van der Waals surface area contributed by atoms with Crippen LogP contribution in [0, 0.1) is 17.5 Å². The lowest BCUT2D eigenvalue weighted by Crippen LogP contribution is -2.25. The minimum Gasteiger partial charge on any atom is -0.496 e. The van der Waals surface area contributed by atoms with Gasteiger partial charge in [0.25, 0.3) is 11.8 Å². The number of amides is 2. The van der Waals surface area contributed by atoms with E-state index in [0.29, 0.717) is 0 Å². The number of halogens is 6. The number of hydrogen-bond donors (Lipinski definition) is 2. The monoisotopic (exact) mass is 524 g/mol. The van der Waals surface area contributed by atoms with Gasteiger partial charge in [-0.2, -0.15) is 13.2 Å². The summed E-state index contributed by atoms with van der Waals surface area (Å²) >= 11 is 0. The Morgan fingerprint density at radius 2 is 1.78 bits per heavy atom. The summed E-state index contributed by atoms with van der Waals surface area (Å²) in [6.07, 6.45) is -5.16. The molecule has 6 nitrogen and oxygen atoms in total. The molecule has 4 rings (SSSR count). The maximum absolute atomic E-state index is 15.6. The number of ether oxygens (including phenoxy) is 2.